The van der Waals surface area contributed by atoms with Gasteiger partial charge in [0.1, 0.15) is 17.2 Å². The van der Waals surface area contributed by atoms with Crippen LogP contribution >= 0.6 is 0 Å². The first-order valence-electron chi connectivity index (χ1n) is 6.44. The highest BCUT2D eigenvalue weighted by molar-refractivity contribution is 5.67. The van der Waals surface area contributed by atoms with Gasteiger partial charge in [-0.05, 0) is 45.4 Å². The van der Waals surface area contributed by atoms with Gasteiger partial charge >= 0.3 is 6.09 Å². The van der Waals surface area contributed by atoms with Gasteiger partial charge in [0.05, 0.1) is 5.69 Å². The number of halogens is 2. The number of ether oxygens (including phenoxy) is 1. The third-order valence-electron chi connectivity index (χ3n) is 2.27. The van der Waals surface area contributed by atoms with Crippen molar-refractivity contribution in [3.63, 3.8) is 0 Å². The van der Waals surface area contributed by atoms with Gasteiger partial charge in [0.15, 0.2) is 0 Å². The van der Waals surface area contributed by atoms with E-state index in [1.54, 1.807) is 20.8 Å². The summed E-state index contributed by atoms with van der Waals surface area (Å²) in [5.74, 6) is -1.01. The zero-order valence-electron chi connectivity index (χ0n) is 11.9. The molecule has 1 amide bonds. The van der Waals surface area contributed by atoms with Crippen molar-refractivity contribution in [3.8, 4) is 0 Å². The van der Waals surface area contributed by atoms with Crippen molar-refractivity contribution in [2.45, 2.75) is 32.8 Å². The van der Waals surface area contributed by atoms with Gasteiger partial charge in [0.2, 0.25) is 0 Å². The predicted molar refractivity (Wildman–Crippen MR) is 73.7 cm³/mol. The van der Waals surface area contributed by atoms with Crippen molar-refractivity contribution in [2.24, 2.45) is 0 Å². The zero-order valence-corrected chi connectivity index (χ0v) is 11.9. The first-order valence-corrected chi connectivity index (χ1v) is 6.44. The Morgan fingerprint density at radius 2 is 1.95 bits per heavy atom. The van der Waals surface area contributed by atoms with E-state index in [1.165, 1.54) is 0 Å². The monoisotopic (exact) mass is 286 g/mol. The summed E-state index contributed by atoms with van der Waals surface area (Å²) >= 11 is 0. The van der Waals surface area contributed by atoms with Gasteiger partial charge in [0, 0.05) is 13.1 Å². The highest BCUT2D eigenvalue weighted by Gasteiger charge is 2.15. The van der Waals surface area contributed by atoms with Crippen molar-refractivity contribution in [3.05, 3.63) is 29.8 Å². The van der Waals surface area contributed by atoms with Crippen LogP contribution in [0.5, 0.6) is 0 Å². The number of hydrogen-bond donors (Lipinski definition) is 2. The van der Waals surface area contributed by atoms with Crippen LogP contribution in [0.2, 0.25) is 0 Å². The summed E-state index contributed by atoms with van der Waals surface area (Å²) in [6.45, 7) is 6.14. The average molecular weight is 286 g/mol. The summed E-state index contributed by atoms with van der Waals surface area (Å²) in [6.07, 6.45) is 0.0734. The lowest BCUT2D eigenvalue weighted by Crippen LogP contribution is -2.33. The lowest BCUT2D eigenvalue weighted by atomic mass is 10.2. The molecule has 1 aromatic carbocycles. The lowest BCUT2D eigenvalue weighted by molar-refractivity contribution is 0.0528. The molecule has 4 nitrogen and oxygen atoms in total. The van der Waals surface area contributed by atoms with E-state index in [2.05, 4.69) is 10.6 Å². The molecule has 1 rings (SSSR count). The van der Waals surface area contributed by atoms with Crippen molar-refractivity contribution in [2.75, 3.05) is 18.4 Å². The van der Waals surface area contributed by atoms with E-state index in [0.717, 1.165) is 18.2 Å². The van der Waals surface area contributed by atoms with Gasteiger partial charge < -0.3 is 15.4 Å². The molecular weight excluding hydrogens is 266 g/mol. The van der Waals surface area contributed by atoms with E-state index in [-0.39, 0.29) is 5.69 Å². The predicted octanol–water partition coefficient (Wildman–Crippen LogP) is 3.29. The molecule has 0 aliphatic carbocycles. The van der Waals surface area contributed by atoms with E-state index in [9.17, 15) is 13.6 Å². The van der Waals surface area contributed by atoms with Crippen LogP contribution in [0.25, 0.3) is 0 Å². The minimum Gasteiger partial charge on any atom is -0.444 e. The van der Waals surface area contributed by atoms with Gasteiger partial charge in [-0.15, -0.1) is 0 Å². The Kier molecular flexibility index (Phi) is 5.73. The third-order valence-corrected chi connectivity index (χ3v) is 2.27. The maximum absolute atomic E-state index is 13.3. The molecule has 0 unspecified atom stereocenters. The minimum atomic E-state index is -0.535. The van der Waals surface area contributed by atoms with Crippen LogP contribution in [0.3, 0.4) is 0 Å². The fourth-order valence-electron chi connectivity index (χ4n) is 1.45. The minimum absolute atomic E-state index is 0.113. The first kappa shape index (κ1) is 16.2. The van der Waals surface area contributed by atoms with E-state index in [0.29, 0.717) is 19.5 Å². The molecule has 112 valence electrons. The second-order valence-electron chi connectivity index (χ2n) is 5.33. The van der Waals surface area contributed by atoms with Gasteiger partial charge in [-0.3, -0.25) is 0 Å². The van der Waals surface area contributed by atoms with Gasteiger partial charge in [0.25, 0.3) is 0 Å². The van der Waals surface area contributed by atoms with E-state index < -0.39 is 23.3 Å². The number of carbonyl (C=O) groups excluding carboxylic acids is 1. The van der Waals surface area contributed by atoms with Crippen LogP contribution in [-0.2, 0) is 4.74 Å². The number of alkyl carbamates (subject to hydrolysis) is 1. The van der Waals surface area contributed by atoms with Crippen LogP contribution in [0.1, 0.15) is 27.2 Å². The van der Waals surface area contributed by atoms with E-state index >= 15 is 0 Å². The van der Waals surface area contributed by atoms with Crippen molar-refractivity contribution in [1.82, 2.24) is 5.32 Å². The maximum atomic E-state index is 13.3. The molecule has 20 heavy (non-hydrogen) atoms. The van der Waals surface area contributed by atoms with Crippen LogP contribution in [0, 0.1) is 11.6 Å². The molecule has 2 N–H and O–H groups in total. The van der Waals surface area contributed by atoms with Gasteiger partial charge in [-0.25, -0.2) is 13.6 Å². The summed E-state index contributed by atoms with van der Waals surface area (Å²) in [4.78, 5) is 11.3. The molecule has 0 heterocycles. The summed E-state index contributed by atoms with van der Waals surface area (Å²) in [5.41, 5.74) is -0.421. The van der Waals surface area contributed by atoms with Crippen LogP contribution < -0.4 is 10.6 Å². The Morgan fingerprint density at radius 1 is 1.25 bits per heavy atom. The Labute approximate surface area is 117 Å². The van der Waals surface area contributed by atoms with Crippen LogP contribution in [0.15, 0.2) is 18.2 Å². The van der Waals surface area contributed by atoms with Crippen molar-refractivity contribution in [1.29, 1.82) is 0 Å². The number of rotatable bonds is 5. The standard InChI is InChI=1S/C14H20F2N2O2/c1-14(2,3)20-13(19)18-8-4-7-17-12-9-10(15)5-6-11(12)16/h5-6,9,17H,4,7-8H2,1-3H3,(H,18,19). The molecule has 0 atom stereocenters. The van der Waals surface area contributed by atoms with Crippen LogP contribution in [0.4, 0.5) is 19.3 Å². The number of nitrogens with one attached hydrogen (secondary N) is 2. The second-order valence-corrected chi connectivity index (χ2v) is 5.33. The SMILES string of the molecule is CC(C)(C)OC(=O)NCCCNc1cc(F)ccc1F. The topological polar surface area (TPSA) is 50.4 Å². The number of carbonyl (C=O) groups is 1. The van der Waals surface area contributed by atoms with E-state index in [1.807, 2.05) is 0 Å². The zero-order chi connectivity index (χ0) is 15.2. The molecule has 0 radical (unpaired) electrons. The number of anilines is 1. The average Bonchev–Trinajstić information content (AvgIpc) is 2.30. The summed E-state index contributed by atoms with van der Waals surface area (Å²) in [5, 5.41) is 5.35. The fourth-order valence-corrected chi connectivity index (χ4v) is 1.45. The van der Waals surface area contributed by atoms with Crippen molar-refractivity contribution >= 4 is 11.8 Å². The molecule has 6 heteroatoms. The van der Waals surface area contributed by atoms with Gasteiger partial charge in [-0.1, -0.05) is 0 Å². The molecule has 0 saturated carbocycles. The Bertz CT molecular complexity index is 459. The summed E-state index contributed by atoms with van der Waals surface area (Å²) in [6, 6.07) is 3.22. The number of hydrogen-bond acceptors (Lipinski definition) is 3. The molecule has 0 aliphatic rings. The maximum Gasteiger partial charge on any atom is 0.407 e. The fraction of sp³-hybridized carbons (Fsp3) is 0.500. The molecule has 0 fully saturated rings. The molecule has 0 bridgehead atoms. The van der Waals surface area contributed by atoms with Gasteiger partial charge in [-0.2, -0.15) is 0 Å². The highest BCUT2D eigenvalue weighted by Crippen LogP contribution is 2.14. The largest absolute Gasteiger partial charge is 0.444 e. The summed E-state index contributed by atoms with van der Waals surface area (Å²) < 4.78 is 31.2. The highest BCUT2D eigenvalue weighted by atomic mass is 19.1. The number of benzene rings is 1. The molecule has 0 saturated heterocycles. The third kappa shape index (κ3) is 6.36. The molecule has 0 spiro atoms. The smallest absolute Gasteiger partial charge is 0.407 e. The molecule has 0 aliphatic heterocycles. The molecule has 1 aromatic rings. The van der Waals surface area contributed by atoms with E-state index in [4.69, 9.17) is 4.74 Å². The Hall–Kier alpha value is -1.85. The summed E-state index contributed by atoms with van der Waals surface area (Å²) in [7, 11) is 0. The number of amides is 1. The quantitative estimate of drug-likeness (QED) is 0.817. The second kappa shape index (κ2) is 7.07. The Morgan fingerprint density at radius 3 is 2.60 bits per heavy atom. The van der Waals surface area contributed by atoms with Crippen molar-refractivity contribution < 1.29 is 18.3 Å². The first-order chi connectivity index (χ1) is 9.28. The van der Waals surface area contributed by atoms with Crippen LogP contribution in [-0.4, -0.2) is 24.8 Å². The molecule has 0 aromatic heterocycles. The Balaban J connectivity index is 2.22. The lowest BCUT2D eigenvalue weighted by Gasteiger charge is -2.19. The molecular formula is C14H20F2N2O2. The normalized spacial score (nSPS) is 11.1.